The van der Waals surface area contributed by atoms with Gasteiger partial charge in [0, 0.05) is 30.6 Å². The first-order valence-electron chi connectivity index (χ1n) is 11.2. The van der Waals surface area contributed by atoms with Crippen LogP contribution in [0.1, 0.15) is 28.6 Å². The first-order chi connectivity index (χ1) is 16.8. The molecule has 2 aromatic carbocycles. The quantitative estimate of drug-likeness (QED) is 0.441. The molecule has 9 nitrogen and oxygen atoms in total. The molecule has 4 aromatic rings. The third kappa shape index (κ3) is 4.12. The second kappa shape index (κ2) is 9.07. The normalized spacial score (nSPS) is 18.2. The lowest BCUT2D eigenvalue weighted by molar-refractivity contribution is 0.0889. The minimum Gasteiger partial charge on any atom is -0.465 e. The lowest BCUT2D eigenvalue weighted by Gasteiger charge is -2.37. The van der Waals surface area contributed by atoms with Crippen molar-refractivity contribution in [1.29, 1.82) is 0 Å². The second-order valence-electron chi connectivity index (χ2n) is 8.79. The Morgan fingerprint density at radius 2 is 1.91 bits per heavy atom. The van der Waals surface area contributed by atoms with Crippen molar-refractivity contribution in [3.8, 4) is 0 Å². The Hall–Kier alpha value is -3.85. The molecule has 180 valence electrons. The average Bonchev–Trinajstić information content (AvgIpc) is 3.24. The van der Waals surface area contributed by atoms with Crippen molar-refractivity contribution in [3.05, 3.63) is 75.2 Å². The molecule has 0 saturated carbocycles. The Balaban J connectivity index is 1.53. The van der Waals surface area contributed by atoms with E-state index in [0.717, 1.165) is 0 Å². The molecule has 1 fully saturated rings. The zero-order valence-corrected chi connectivity index (χ0v) is 19.7. The van der Waals surface area contributed by atoms with Crippen LogP contribution < -0.4 is 10.9 Å². The van der Waals surface area contributed by atoms with E-state index in [4.69, 9.17) is 16.1 Å². The van der Waals surface area contributed by atoms with Gasteiger partial charge in [0.25, 0.3) is 11.5 Å². The molecule has 2 N–H and O–H groups in total. The van der Waals surface area contributed by atoms with Crippen LogP contribution >= 0.6 is 11.6 Å². The van der Waals surface area contributed by atoms with E-state index in [2.05, 4.69) is 10.5 Å². The number of benzene rings is 2. The van der Waals surface area contributed by atoms with Crippen LogP contribution in [0, 0.1) is 12.8 Å². The number of hydrogen-bond donors (Lipinski definition) is 2. The van der Waals surface area contributed by atoms with Gasteiger partial charge in [-0.25, -0.2) is 4.79 Å². The van der Waals surface area contributed by atoms with Crippen LogP contribution in [0.3, 0.4) is 0 Å². The zero-order valence-electron chi connectivity index (χ0n) is 18.9. The number of piperidine rings is 1. The SMILES string of the molecule is Cc1onc2c1c(=O)n(C1CC(CNC(=O)c3ccccc3)CN(C(=O)O)C1)c1cccc(Cl)c21. The van der Waals surface area contributed by atoms with Crippen LogP contribution in [-0.4, -0.2) is 51.4 Å². The lowest BCUT2D eigenvalue weighted by Crippen LogP contribution is -2.48. The number of rotatable bonds is 4. The van der Waals surface area contributed by atoms with E-state index >= 15 is 0 Å². The Morgan fingerprint density at radius 3 is 2.66 bits per heavy atom. The molecular formula is C25H23ClN4O5. The van der Waals surface area contributed by atoms with E-state index in [9.17, 15) is 19.5 Å². The summed E-state index contributed by atoms with van der Waals surface area (Å²) < 4.78 is 6.92. The van der Waals surface area contributed by atoms with Crippen LogP contribution in [0.25, 0.3) is 21.8 Å². The molecule has 2 amide bonds. The number of aromatic nitrogens is 2. The second-order valence-corrected chi connectivity index (χ2v) is 9.20. The number of carboxylic acid groups (broad SMARTS) is 1. The monoisotopic (exact) mass is 494 g/mol. The van der Waals surface area contributed by atoms with Crippen molar-refractivity contribution in [1.82, 2.24) is 19.9 Å². The number of fused-ring (bicyclic) bond motifs is 3. The number of aryl methyl sites for hydroxylation is 1. The van der Waals surface area contributed by atoms with Crippen molar-refractivity contribution >= 4 is 45.4 Å². The van der Waals surface area contributed by atoms with E-state index < -0.39 is 12.1 Å². The summed E-state index contributed by atoms with van der Waals surface area (Å²) in [7, 11) is 0. The summed E-state index contributed by atoms with van der Waals surface area (Å²) in [6.07, 6.45) is -0.581. The molecule has 1 aliphatic rings. The summed E-state index contributed by atoms with van der Waals surface area (Å²) in [5.74, 6) is -0.0541. The van der Waals surface area contributed by atoms with Gasteiger partial charge in [-0.3, -0.25) is 9.59 Å². The van der Waals surface area contributed by atoms with Gasteiger partial charge < -0.3 is 24.4 Å². The van der Waals surface area contributed by atoms with Gasteiger partial charge in [0.2, 0.25) is 0 Å². The van der Waals surface area contributed by atoms with Gasteiger partial charge in [-0.15, -0.1) is 0 Å². The van der Waals surface area contributed by atoms with Crippen LogP contribution in [0.2, 0.25) is 5.02 Å². The fourth-order valence-electron chi connectivity index (χ4n) is 4.93. The van der Waals surface area contributed by atoms with Gasteiger partial charge in [0.1, 0.15) is 16.7 Å². The maximum atomic E-state index is 13.7. The topological polar surface area (TPSA) is 118 Å². The highest BCUT2D eigenvalue weighted by Gasteiger charge is 2.33. The predicted molar refractivity (Wildman–Crippen MR) is 131 cm³/mol. The Kier molecular flexibility index (Phi) is 5.94. The van der Waals surface area contributed by atoms with Crippen molar-refractivity contribution in [2.45, 2.75) is 19.4 Å². The van der Waals surface area contributed by atoms with E-state index in [0.29, 0.717) is 44.6 Å². The molecule has 2 atom stereocenters. The van der Waals surface area contributed by atoms with Crippen LogP contribution in [0.4, 0.5) is 4.79 Å². The molecule has 5 rings (SSSR count). The molecule has 1 aliphatic heterocycles. The van der Waals surface area contributed by atoms with Gasteiger partial charge in [-0.05, 0) is 43.5 Å². The highest BCUT2D eigenvalue weighted by Crippen LogP contribution is 2.34. The number of hydrogen-bond acceptors (Lipinski definition) is 5. The van der Waals surface area contributed by atoms with Gasteiger partial charge in [0.05, 0.1) is 16.6 Å². The minimum absolute atomic E-state index is 0.135. The lowest BCUT2D eigenvalue weighted by atomic mass is 9.93. The molecule has 0 spiro atoms. The first-order valence-corrected chi connectivity index (χ1v) is 11.6. The smallest absolute Gasteiger partial charge is 0.407 e. The van der Waals surface area contributed by atoms with Crippen molar-refractivity contribution < 1.29 is 19.2 Å². The minimum atomic E-state index is -1.08. The van der Waals surface area contributed by atoms with E-state index in [-0.39, 0.29) is 37.0 Å². The van der Waals surface area contributed by atoms with E-state index in [1.54, 1.807) is 54.0 Å². The van der Waals surface area contributed by atoms with Crippen LogP contribution in [0.5, 0.6) is 0 Å². The number of amides is 2. The van der Waals surface area contributed by atoms with E-state index in [1.165, 1.54) is 4.90 Å². The molecular weight excluding hydrogens is 472 g/mol. The number of carbonyl (C=O) groups is 2. The van der Waals surface area contributed by atoms with Crippen LogP contribution in [0.15, 0.2) is 57.8 Å². The zero-order chi connectivity index (χ0) is 24.7. The van der Waals surface area contributed by atoms with Gasteiger partial charge >= 0.3 is 6.09 Å². The fraction of sp³-hybridized carbons (Fsp3) is 0.280. The molecule has 2 unspecified atom stereocenters. The third-order valence-electron chi connectivity index (χ3n) is 6.52. The highest BCUT2D eigenvalue weighted by atomic mass is 35.5. The Morgan fingerprint density at radius 1 is 1.14 bits per heavy atom. The summed E-state index contributed by atoms with van der Waals surface area (Å²) in [5, 5.41) is 18.1. The van der Waals surface area contributed by atoms with Crippen molar-refractivity contribution in [2.24, 2.45) is 5.92 Å². The molecule has 0 bridgehead atoms. The largest absolute Gasteiger partial charge is 0.465 e. The average molecular weight is 495 g/mol. The molecule has 0 radical (unpaired) electrons. The van der Waals surface area contributed by atoms with Gasteiger partial charge in [-0.1, -0.05) is 41.0 Å². The van der Waals surface area contributed by atoms with Gasteiger partial charge in [0.15, 0.2) is 0 Å². The summed E-state index contributed by atoms with van der Waals surface area (Å²) in [4.78, 5) is 39.5. The highest BCUT2D eigenvalue weighted by molar-refractivity contribution is 6.37. The number of pyridine rings is 1. The number of nitrogens with one attached hydrogen (secondary N) is 1. The molecule has 2 aromatic heterocycles. The predicted octanol–water partition coefficient (Wildman–Crippen LogP) is 4.08. The van der Waals surface area contributed by atoms with Gasteiger partial charge in [-0.2, -0.15) is 0 Å². The number of halogens is 1. The summed E-state index contributed by atoms with van der Waals surface area (Å²) in [5.41, 5.74) is 1.17. The molecule has 3 heterocycles. The first kappa shape index (κ1) is 22.9. The molecule has 1 saturated heterocycles. The van der Waals surface area contributed by atoms with Crippen molar-refractivity contribution in [2.75, 3.05) is 19.6 Å². The molecule has 10 heteroatoms. The number of nitrogens with zero attached hydrogens (tertiary/aromatic N) is 3. The maximum absolute atomic E-state index is 13.7. The maximum Gasteiger partial charge on any atom is 0.407 e. The Labute approximate surface area is 204 Å². The fourth-order valence-corrected chi connectivity index (χ4v) is 5.19. The Bertz CT molecular complexity index is 1500. The number of likely N-dealkylation sites (tertiary alicyclic amines) is 1. The standard InChI is InChI=1S/C25H23ClN4O5/c1-14-20-22(28-35-14)21-18(26)8-5-9-19(21)30(24(20)32)17-10-15(12-29(13-17)25(33)34)11-27-23(31)16-6-3-2-4-7-16/h2-9,15,17H,10-13H2,1H3,(H,27,31)(H,33,34). The summed E-state index contributed by atoms with van der Waals surface area (Å²) in [6, 6.07) is 13.6. The summed E-state index contributed by atoms with van der Waals surface area (Å²) in [6.45, 7) is 2.32. The van der Waals surface area contributed by atoms with Crippen LogP contribution in [-0.2, 0) is 0 Å². The van der Waals surface area contributed by atoms with Crippen molar-refractivity contribution in [3.63, 3.8) is 0 Å². The van der Waals surface area contributed by atoms with E-state index in [1.807, 2.05) is 6.07 Å². The number of carbonyl (C=O) groups excluding carboxylic acids is 1. The molecule has 0 aliphatic carbocycles. The third-order valence-corrected chi connectivity index (χ3v) is 6.84. The molecule has 35 heavy (non-hydrogen) atoms. The summed E-state index contributed by atoms with van der Waals surface area (Å²) >= 11 is 6.51.